The van der Waals surface area contributed by atoms with Crippen molar-refractivity contribution in [3.63, 3.8) is 0 Å². The lowest BCUT2D eigenvalue weighted by atomic mass is 9.95. The second-order valence-electron chi connectivity index (χ2n) is 5.91. The zero-order valence-corrected chi connectivity index (χ0v) is 13.2. The summed E-state index contributed by atoms with van der Waals surface area (Å²) >= 11 is 0. The summed E-state index contributed by atoms with van der Waals surface area (Å²) in [5.41, 5.74) is 11.6. The van der Waals surface area contributed by atoms with Crippen LogP contribution < -0.4 is 11.5 Å². The third kappa shape index (κ3) is 3.71. The zero-order valence-electron chi connectivity index (χ0n) is 13.2. The van der Waals surface area contributed by atoms with Gasteiger partial charge in [0.05, 0.1) is 25.3 Å². The molecule has 2 fully saturated rings. The first-order valence-electron chi connectivity index (χ1n) is 7.62. The van der Waals surface area contributed by atoms with Gasteiger partial charge in [-0.3, -0.25) is 0 Å². The molecule has 24 heavy (non-hydrogen) atoms. The maximum Gasteiger partial charge on any atom is 0.176 e. The molecule has 2 aliphatic heterocycles. The average molecular weight is 354 g/mol. The van der Waals surface area contributed by atoms with Crippen LogP contribution in [0.15, 0.2) is 0 Å². The second kappa shape index (κ2) is 8.29. The first-order chi connectivity index (χ1) is 11.3. The van der Waals surface area contributed by atoms with Gasteiger partial charge in [-0.15, -0.1) is 0 Å². The monoisotopic (exact) mass is 354 g/mol. The summed E-state index contributed by atoms with van der Waals surface area (Å²) in [5, 5.41) is 48.7. The van der Waals surface area contributed by atoms with Crippen LogP contribution in [0.25, 0.3) is 0 Å². The number of aliphatic hydroxyl groups is 5. The molecule has 0 radical (unpaired) electrons. The number of ether oxygens (including phenoxy) is 4. The third-order valence-electron chi connectivity index (χ3n) is 4.35. The first kappa shape index (κ1) is 19.9. The quantitative estimate of drug-likeness (QED) is 0.251. The van der Waals surface area contributed by atoms with Crippen molar-refractivity contribution in [1.82, 2.24) is 0 Å². The molecule has 0 bridgehead atoms. The van der Waals surface area contributed by atoms with Gasteiger partial charge in [0.25, 0.3) is 0 Å². The molecule has 0 saturated carbocycles. The van der Waals surface area contributed by atoms with Crippen LogP contribution >= 0.6 is 0 Å². The normalized spacial score (nSPS) is 50.0. The highest BCUT2D eigenvalue weighted by Crippen LogP contribution is 2.28. The van der Waals surface area contributed by atoms with Crippen LogP contribution in [0, 0.1) is 0 Å². The Hall–Kier alpha value is -0.440. The van der Waals surface area contributed by atoms with Gasteiger partial charge < -0.3 is 55.9 Å². The van der Waals surface area contributed by atoms with E-state index in [0.717, 1.165) is 0 Å². The van der Waals surface area contributed by atoms with E-state index in [0.29, 0.717) is 0 Å². The van der Waals surface area contributed by atoms with Crippen molar-refractivity contribution in [3.05, 3.63) is 0 Å². The first-order valence-corrected chi connectivity index (χ1v) is 7.62. The molecule has 2 aliphatic rings. The SMILES string of the molecule is COC1OC(CO)C(OC2OC(CO)C(O)C(O)C2N)C(O)C1N. The summed E-state index contributed by atoms with van der Waals surface area (Å²) in [6, 6.07) is -2.10. The largest absolute Gasteiger partial charge is 0.394 e. The summed E-state index contributed by atoms with van der Waals surface area (Å²) in [4.78, 5) is 0. The van der Waals surface area contributed by atoms with E-state index in [-0.39, 0.29) is 0 Å². The highest BCUT2D eigenvalue weighted by atomic mass is 16.7. The van der Waals surface area contributed by atoms with Gasteiger partial charge in [-0.2, -0.15) is 0 Å². The van der Waals surface area contributed by atoms with Crippen LogP contribution in [-0.4, -0.2) is 107 Å². The highest BCUT2D eigenvalue weighted by molar-refractivity contribution is 4.96. The molecule has 10 unspecified atom stereocenters. The van der Waals surface area contributed by atoms with Gasteiger partial charge in [-0.05, 0) is 0 Å². The fourth-order valence-corrected chi connectivity index (χ4v) is 2.85. The fraction of sp³-hybridized carbons (Fsp3) is 1.00. The average Bonchev–Trinajstić information content (AvgIpc) is 2.59. The maximum atomic E-state index is 10.3. The minimum absolute atomic E-state index is 0.495. The molecule has 0 aromatic rings. The van der Waals surface area contributed by atoms with E-state index < -0.39 is 74.5 Å². The standard InChI is InChI=1S/C13H26N2O9/c1-21-12-7(15)10(20)11(5(3-17)23-12)24-13-6(14)9(19)8(18)4(2-16)22-13/h4-13,16-20H,2-3,14-15H2,1H3. The predicted molar refractivity (Wildman–Crippen MR) is 77.3 cm³/mol. The lowest BCUT2D eigenvalue weighted by Crippen LogP contribution is -2.67. The van der Waals surface area contributed by atoms with Crippen LogP contribution in [0.5, 0.6) is 0 Å². The van der Waals surface area contributed by atoms with Gasteiger partial charge in [0.2, 0.25) is 0 Å². The topological polar surface area (TPSA) is 190 Å². The van der Waals surface area contributed by atoms with Gasteiger partial charge in [-0.1, -0.05) is 0 Å². The predicted octanol–water partition coefficient (Wildman–Crippen LogP) is -4.81. The Kier molecular flexibility index (Phi) is 6.87. The Labute approximate surface area is 138 Å². The van der Waals surface area contributed by atoms with Gasteiger partial charge in [-0.25, -0.2) is 0 Å². The van der Waals surface area contributed by atoms with E-state index in [9.17, 15) is 25.5 Å². The van der Waals surface area contributed by atoms with Crippen molar-refractivity contribution in [2.75, 3.05) is 20.3 Å². The van der Waals surface area contributed by atoms with Crippen molar-refractivity contribution < 1.29 is 44.5 Å². The van der Waals surface area contributed by atoms with Crippen LogP contribution in [-0.2, 0) is 18.9 Å². The Morgan fingerprint density at radius 3 is 1.92 bits per heavy atom. The van der Waals surface area contributed by atoms with E-state index in [1.807, 2.05) is 0 Å². The number of nitrogens with two attached hydrogens (primary N) is 2. The summed E-state index contributed by atoms with van der Waals surface area (Å²) in [5.74, 6) is 0. The van der Waals surface area contributed by atoms with E-state index in [1.165, 1.54) is 7.11 Å². The molecular weight excluding hydrogens is 328 g/mol. The maximum absolute atomic E-state index is 10.3. The van der Waals surface area contributed by atoms with Crippen LogP contribution in [0.2, 0.25) is 0 Å². The summed E-state index contributed by atoms with van der Waals surface area (Å²) in [7, 11) is 1.34. The summed E-state index contributed by atoms with van der Waals surface area (Å²) in [6.07, 6.45) is -9.46. The third-order valence-corrected chi connectivity index (χ3v) is 4.35. The van der Waals surface area contributed by atoms with Gasteiger partial charge >= 0.3 is 0 Å². The number of aliphatic hydroxyl groups excluding tert-OH is 5. The van der Waals surface area contributed by atoms with Crippen molar-refractivity contribution >= 4 is 0 Å². The van der Waals surface area contributed by atoms with Gasteiger partial charge in [0.15, 0.2) is 12.6 Å². The lowest BCUT2D eigenvalue weighted by molar-refractivity contribution is -0.326. The van der Waals surface area contributed by atoms with E-state index in [4.69, 9.17) is 30.4 Å². The Morgan fingerprint density at radius 1 is 0.833 bits per heavy atom. The summed E-state index contributed by atoms with van der Waals surface area (Å²) < 4.78 is 21.3. The zero-order chi connectivity index (χ0) is 18.0. The lowest BCUT2D eigenvalue weighted by Gasteiger charge is -2.46. The molecule has 9 N–H and O–H groups in total. The van der Waals surface area contributed by atoms with E-state index in [1.54, 1.807) is 0 Å². The molecular formula is C13H26N2O9. The summed E-state index contributed by atoms with van der Waals surface area (Å²) in [6.45, 7) is -1.06. The van der Waals surface area contributed by atoms with Crippen LogP contribution in [0.3, 0.4) is 0 Å². The van der Waals surface area contributed by atoms with Crippen LogP contribution in [0.4, 0.5) is 0 Å². The molecule has 142 valence electrons. The molecule has 11 nitrogen and oxygen atoms in total. The number of hydrogen-bond acceptors (Lipinski definition) is 11. The molecule has 2 heterocycles. The van der Waals surface area contributed by atoms with E-state index >= 15 is 0 Å². The molecule has 0 aromatic carbocycles. The van der Waals surface area contributed by atoms with Crippen molar-refractivity contribution in [2.24, 2.45) is 11.5 Å². The Balaban J connectivity index is 2.12. The molecule has 11 heteroatoms. The second-order valence-corrected chi connectivity index (χ2v) is 5.91. The Bertz CT molecular complexity index is 400. The van der Waals surface area contributed by atoms with Crippen molar-refractivity contribution in [1.29, 1.82) is 0 Å². The van der Waals surface area contributed by atoms with Crippen LogP contribution in [0.1, 0.15) is 0 Å². The van der Waals surface area contributed by atoms with Crippen molar-refractivity contribution in [3.8, 4) is 0 Å². The minimum atomic E-state index is -1.41. The number of rotatable bonds is 5. The molecule has 0 aromatic heterocycles. The Morgan fingerprint density at radius 2 is 1.38 bits per heavy atom. The van der Waals surface area contributed by atoms with Gasteiger partial charge in [0.1, 0.15) is 36.6 Å². The fourth-order valence-electron chi connectivity index (χ4n) is 2.85. The molecule has 2 saturated heterocycles. The molecule has 2 rings (SSSR count). The number of hydrogen-bond donors (Lipinski definition) is 7. The highest BCUT2D eigenvalue weighted by Gasteiger charge is 2.49. The number of methoxy groups -OCH3 is 1. The van der Waals surface area contributed by atoms with Crippen molar-refractivity contribution in [2.45, 2.75) is 61.3 Å². The molecule has 10 atom stereocenters. The minimum Gasteiger partial charge on any atom is -0.394 e. The van der Waals surface area contributed by atoms with E-state index in [2.05, 4.69) is 0 Å². The molecule has 0 amide bonds. The molecule has 0 aliphatic carbocycles. The van der Waals surface area contributed by atoms with Gasteiger partial charge in [0, 0.05) is 7.11 Å². The smallest absolute Gasteiger partial charge is 0.176 e. The molecule has 0 spiro atoms.